The summed E-state index contributed by atoms with van der Waals surface area (Å²) in [6, 6.07) is 7.18. The van der Waals surface area contributed by atoms with E-state index in [0.29, 0.717) is 5.02 Å². The molecule has 0 spiro atoms. The Kier molecular flexibility index (Phi) is 3.80. The number of halogens is 1. The molecule has 2 rings (SSSR count). The molecule has 0 saturated carbocycles. The molecule has 0 unspecified atom stereocenters. The summed E-state index contributed by atoms with van der Waals surface area (Å²) in [4.78, 5) is 11.9. The van der Waals surface area contributed by atoms with Crippen molar-refractivity contribution in [1.29, 1.82) is 0 Å². The Morgan fingerprint density at radius 1 is 1.38 bits per heavy atom. The second-order valence-electron chi connectivity index (χ2n) is 4.04. The van der Waals surface area contributed by atoms with Crippen LogP contribution in [-0.2, 0) is 4.79 Å². The van der Waals surface area contributed by atoms with Gasteiger partial charge < -0.3 is 10.6 Å². The van der Waals surface area contributed by atoms with Gasteiger partial charge in [0.25, 0.3) is 0 Å². The van der Waals surface area contributed by atoms with Crippen molar-refractivity contribution in [2.75, 3.05) is 18.4 Å². The number of carbonyl (C=O) groups is 1. The zero-order valence-electron chi connectivity index (χ0n) is 9.00. The van der Waals surface area contributed by atoms with E-state index in [9.17, 15) is 4.79 Å². The van der Waals surface area contributed by atoms with Crippen LogP contribution in [-0.4, -0.2) is 19.0 Å². The molecule has 86 valence electrons. The van der Waals surface area contributed by atoms with E-state index in [1.165, 1.54) is 0 Å². The quantitative estimate of drug-likeness (QED) is 0.830. The van der Waals surface area contributed by atoms with Gasteiger partial charge in [0.05, 0.1) is 5.92 Å². The van der Waals surface area contributed by atoms with E-state index in [1.54, 1.807) is 12.1 Å². The summed E-state index contributed by atoms with van der Waals surface area (Å²) < 4.78 is 0. The number of nitrogens with one attached hydrogen (secondary N) is 2. The molecule has 0 aliphatic carbocycles. The van der Waals surface area contributed by atoms with Crippen molar-refractivity contribution in [3.05, 3.63) is 29.3 Å². The first-order valence-corrected chi connectivity index (χ1v) is 5.90. The number of benzene rings is 1. The van der Waals surface area contributed by atoms with Crippen LogP contribution in [0.15, 0.2) is 24.3 Å². The number of hydrogen-bond acceptors (Lipinski definition) is 2. The Bertz CT molecular complexity index is 358. The highest BCUT2D eigenvalue weighted by Crippen LogP contribution is 2.16. The van der Waals surface area contributed by atoms with Crippen LogP contribution in [0.1, 0.15) is 12.8 Å². The zero-order valence-corrected chi connectivity index (χ0v) is 9.76. The highest BCUT2D eigenvalue weighted by Gasteiger charge is 2.20. The fraction of sp³-hybridized carbons (Fsp3) is 0.417. The van der Waals surface area contributed by atoms with Crippen molar-refractivity contribution >= 4 is 23.2 Å². The maximum absolute atomic E-state index is 11.9. The van der Waals surface area contributed by atoms with Crippen LogP contribution in [0.3, 0.4) is 0 Å². The molecule has 4 heteroatoms. The van der Waals surface area contributed by atoms with Crippen LogP contribution < -0.4 is 10.6 Å². The van der Waals surface area contributed by atoms with Gasteiger partial charge in [0, 0.05) is 17.3 Å². The first-order chi connectivity index (χ1) is 7.75. The number of piperidine rings is 1. The van der Waals surface area contributed by atoms with Gasteiger partial charge in [-0.05, 0) is 43.7 Å². The lowest BCUT2D eigenvalue weighted by atomic mass is 9.99. The first-order valence-electron chi connectivity index (χ1n) is 5.53. The van der Waals surface area contributed by atoms with Crippen LogP contribution in [0.25, 0.3) is 0 Å². The second kappa shape index (κ2) is 5.32. The van der Waals surface area contributed by atoms with Crippen LogP contribution >= 0.6 is 11.6 Å². The lowest BCUT2D eigenvalue weighted by Gasteiger charge is -2.21. The first kappa shape index (κ1) is 11.4. The molecule has 0 bridgehead atoms. The van der Waals surface area contributed by atoms with E-state index < -0.39 is 0 Å². The van der Waals surface area contributed by atoms with Crippen molar-refractivity contribution in [1.82, 2.24) is 5.32 Å². The van der Waals surface area contributed by atoms with E-state index in [1.807, 2.05) is 12.1 Å². The molecule has 0 radical (unpaired) electrons. The van der Waals surface area contributed by atoms with Crippen LogP contribution in [0.5, 0.6) is 0 Å². The summed E-state index contributed by atoms with van der Waals surface area (Å²) in [6.45, 7) is 1.80. The van der Waals surface area contributed by atoms with Crippen molar-refractivity contribution < 1.29 is 4.79 Å². The molecule has 1 saturated heterocycles. The standard InChI is InChI=1S/C12H15ClN2O/c13-10-3-5-11(6-4-10)15-12(16)9-2-1-7-14-8-9/h3-6,9,14H,1-2,7-8H2,(H,15,16)/t9-/m1/s1. The van der Waals surface area contributed by atoms with Gasteiger partial charge in [-0.1, -0.05) is 11.6 Å². The summed E-state index contributed by atoms with van der Waals surface area (Å²) in [5.74, 6) is 0.180. The van der Waals surface area contributed by atoms with Gasteiger partial charge in [0.1, 0.15) is 0 Å². The lowest BCUT2D eigenvalue weighted by molar-refractivity contribution is -0.120. The largest absolute Gasteiger partial charge is 0.326 e. The Morgan fingerprint density at radius 3 is 2.75 bits per heavy atom. The Morgan fingerprint density at radius 2 is 2.12 bits per heavy atom. The number of amides is 1. The van der Waals surface area contributed by atoms with Crippen molar-refractivity contribution in [2.45, 2.75) is 12.8 Å². The maximum Gasteiger partial charge on any atom is 0.228 e. The van der Waals surface area contributed by atoms with Gasteiger partial charge in [0.2, 0.25) is 5.91 Å². The molecule has 1 aromatic carbocycles. The third-order valence-corrected chi connectivity index (χ3v) is 3.03. The fourth-order valence-corrected chi connectivity index (χ4v) is 1.98. The van der Waals surface area contributed by atoms with Crippen LogP contribution in [0.2, 0.25) is 5.02 Å². The molecule has 0 aromatic heterocycles. The van der Waals surface area contributed by atoms with Crippen molar-refractivity contribution in [2.24, 2.45) is 5.92 Å². The molecule has 2 N–H and O–H groups in total. The molecule has 1 atom stereocenters. The zero-order chi connectivity index (χ0) is 11.4. The predicted molar refractivity (Wildman–Crippen MR) is 65.7 cm³/mol. The highest BCUT2D eigenvalue weighted by molar-refractivity contribution is 6.30. The molecule has 16 heavy (non-hydrogen) atoms. The fourth-order valence-electron chi connectivity index (χ4n) is 1.85. The predicted octanol–water partition coefficient (Wildman–Crippen LogP) is 2.28. The normalized spacial score (nSPS) is 20.4. The van der Waals surface area contributed by atoms with Crippen LogP contribution in [0.4, 0.5) is 5.69 Å². The molecule has 1 aliphatic rings. The van der Waals surface area contributed by atoms with E-state index in [2.05, 4.69) is 10.6 Å². The Balaban J connectivity index is 1.93. The second-order valence-corrected chi connectivity index (χ2v) is 4.48. The Hall–Kier alpha value is -1.06. The van der Waals surface area contributed by atoms with Gasteiger partial charge in [0.15, 0.2) is 0 Å². The van der Waals surface area contributed by atoms with E-state index >= 15 is 0 Å². The monoisotopic (exact) mass is 238 g/mol. The van der Waals surface area contributed by atoms with Gasteiger partial charge in [-0.15, -0.1) is 0 Å². The number of hydrogen-bond donors (Lipinski definition) is 2. The average Bonchev–Trinajstić information content (AvgIpc) is 2.33. The smallest absolute Gasteiger partial charge is 0.228 e. The number of rotatable bonds is 2. The summed E-state index contributed by atoms with van der Waals surface area (Å²) in [5.41, 5.74) is 0.806. The lowest BCUT2D eigenvalue weighted by Crippen LogP contribution is -2.37. The molecular weight excluding hydrogens is 224 g/mol. The van der Waals surface area contributed by atoms with Gasteiger partial charge in [-0.2, -0.15) is 0 Å². The molecule has 1 amide bonds. The highest BCUT2D eigenvalue weighted by atomic mass is 35.5. The third-order valence-electron chi connectivity index (χ3n) is 2.78. The minimum atomic E-state index is 0.0874. The summed E-state index contributed by atoms with van der Waals surface area (Å²) in [7, 11) is 0. The third kappa shape index (κ3) is 2.97. The average molecular weight is 239 g/mol. The molecule has 1 fully saturated rings. The minimum Gasteiger partial charge on any atom is -0.326 e. The van der Waals surface area contributed by atoms with Crippen LogP contribution in [0, 0.1) is 5.92 Å². The van der Waals surface area contributed by atoms with Gasteiger partial charge in [-0.3, -0.25) is 4.79 Å². The molecule has 1 heterocycles. The molecular formula is C12H15ClN2O. The van der Waals surface area contributed by atoms with Crippen molar-refractivity contribution in [3.8, 4) is 0 Å². The molecule has 1 aliphatic heterocycles. The minimum absolute atomic E-state index is 0.0874. The van der Waals surface area contributed by atoms with E-state index in [4.69, 9.17) is 11.6 Å². The van der Waals surface area contributed by atoms with E-state index in [-0.39, 0.29) is 11.8 Å². The topological polar surface area (TPSA) is 41.1 Å². The molecule has 1 aromatic rings. The van der Waals surface area contributed by atoms with Gasteiger partial charge in [-0.25, -0.2) is 0 Å². The summed E-state index contributed by atoms with van der Waals surface area (Å²) in [5, 5.41) is 6.81. The number of anilines is 1. The summed E-state index contributed by atoms with van der Waals surface area (Å²) >= 11 is 5.77. The Labute approximate surface area is 100 Å². The molecule has 3 nitrogen and oxygen atoms in total. The maximum atomic E-state index is 11.9. The summed E-state index contributed by atoms with van der Waals surface area (Å²) in [6.07, 6.45) is 2.03. The SMILES string of the molecule is O=C(Nc1ccc(Cl)cc1)[C@@H]1CCCNC1. The van der Waals surface area contributed by atoms with Gasteiger partial charge >= 0.3 is 0 Å². The van der Waals surface area contributed by atoms with Crippen molar-refractivity contribution in [3.63, 3.8) is 0 Å². The number of carbonyl (C=O) groups excluding carboxylic acids is 1. The van der Waals surface area contributed by atoms with E-state index in [0.717, 1.165) is 31.6 Å².